The maximum atomic E-state index is 12.7. The van der Waals surface area contributed by atoms with E-state index in [2.05, 4.69) is 20.9 Å². The molecule has 0 saturated carbocycles. The molecule has 2 aliphatic rings. The van der Waals surface area contributed by atoms with Crippen molar-refractivity contribution in [2.24, 2.45) is 0 Å². The number of benzene rings is 1. The van der Waals surface area contributed by atoms with E-state index in [4.69, 9.17) is 4.74 Å². The van der Waals surface area contributed by atoms with Crippen LogP contribution in [-0.4, -0.2) is 48.7 Å². The SMILES string of the molecule is O=C(c1cnc(N2CCOCC2)nc1)N1CCc2ccccc21. The number of hydrogen-bond acceptors (Lipinski definition) is 5. The third-order valence-electron chi connectivity index (χ3n) is 4.31. The number of anilines is 2. The van der Waals surface area contributed by atoms with Crippen molar-refractivity contribution in [3.05, 3.63) is 47.8 Å². The largest absolute Gasteiger partial charge is 0.378 e. The van der Waals surface area contributed by atoms with Crippen molar-refractivity contribution in [2.75, 3.05) is 42.6 Å². The standard InChI is InChI=1S/C17H18N4O2/c22-16(21-6-5-13-3-1-2-4-15(13)21)14-11-18-17(19-12-14)20-7-9-23-10-8-20/h1-4,11-12H,5-10H2. The first kappa shape index (κ1) is 14.1. The second-order valence-electron chi connectivity index (χ2n) is 5.71. The summed E-state index contributed by atoms with van der Waals surface area (Å²) in [5.74, 6) is 0.621. The van der Waals surface area contributed by atoms with E-state index in [-0.39, 0.29) is 5.91 Å². The highest BCUT2D eigenvalue weighted by Crippen LogP contribution is 2.28. The maximum Gasteiger partial charge on any atom is 0.261 e. The lowest BCUT2D eigenvalue weighted by atomic mass is 10.2. The lowest BCUT2D eigenvalue weighted by Crippen LogP contribution is -2.37. The third kappa shape index (κ3) is 2.66. The van der Waals surface area contributed by atoms with Gasteiger partial charge in [-0.2, -0.15) is 0 Å². The van der Waals surface area contributed by atoms with Crippen LogP contribution in [0.4, 0.5) is 11.6 Å². The van der Waals surface area contributed by atoms with Crippen molar-refractivity contribution in [1.82, 2.24) is 9.97 Å². The van der Waals surface area contributed by atoms with Crippen molar-refractivity contribution in [3.63, 3.8) is 0 Å². The topological polar surface area (TPSA) is 58.6 Å². The fourth-order valence-electron chi connectivity index (χ4n) is 3.06. The van der Waals surface area contributed by atoms with Gasteiger partial charge in [0.25, 0.3) is 5.91 Å². The quantitative estimate of drug-likeness (QED) is 0.841. The lowest BCUT2D eigenvalue weighted by Gasteiger charge is -2.26. The van der Waals surface area contributed by atoms with Crippen LogP contribution in [0.5, 0.6) is 0 Å². The van der Waals surface area contributed by atoms with Crippen LogP contribution < -0.4 is 9.80 Å². The number of rotatable bonds is 2. The number of carbonyl (C=O) groups is 1. The Morgan fingerprint density at radius 2 is 1.78 bits per heavy atom. The van der Waals surface area contributed by atoms with Crippen LogP contribution in [0.25, 0.3) is 0 Å². The van der Waals surface area contributed by atoms with Gasteiger partial charge in [-0.05, 0) is 18.1 Å². The molecule has 1 fully saturated rings. The summed E-state index contributed by atoms with van der Waals surface area (Å²) in [6.45, 7) is 3.66. The highest BCUT2D eigenvalue weighted by atomic mass is 16.5. The molecule has 1 aromatic heterocycles. The average Bonchev–Trinajstić information content (AvgIpc) is 3.06. The molecule has 0 bridgehead atoms. The summed E-state index contributed by atoms with van der Waals surface area (Å²) in [5.41, 5.74) is 2.74. The van der Waals surface area contributed by atoms with Gasteiger partial charge in [-0.3, -0.25) is 4.79 Å². The summed E-state index contributed by atoms with van der Waals surface area (Å²) in [6.07, 6.45) is 4.15. The zero-order valence-electron chi connectivity index (χ0n) is 12.8. The molecule has 0 aliphatic carbocycles. The molecule has 1 amide bonds. The summed E-state index contributed by atoms with van der Waals surface area (Å²) in [4.78, 5) is 25.3. The third-order valence-corrected chi connectivity index (χ3v) is 4.31. The summed E-state index contributed by atoms with van der Waals surface area (Å²) in [5, 5.41) is 0. The molecule has 0 spiro atoms. The lowest BCUT2D eigenvalue weighted by molar-refractivity contribution is 0.0988. The number of amides is 1. The number of nitrogens with zero attached hydrogens (tertiary/aromatic N) is 4. The molecular weight excluding hydrogens is 292 g/mol. The second kappa shape index (κ2) is 5.96. The van der Waals surface area contributed by atoms with Gasteiger partial charge in [0.05, 0.1) is 18.8 Å². The molecule has 1 aromatic carbocycles. The predicted octanol–water partition coefficient (Wildman–Crippen LogP) is 1.52. The van der Waals surface area contributed by atoms with Gasteiger partial charge in [-0.1, -0.05) is 18.2 Å². The molecule has 118 valence electrons. The molecule has 0 unspecified atom stereocenters. The van der Waals surface area contributed by atoms with E-state index in [1.807, 2.05) is 23.1 Å². The van der Waals surface area contributed by atoms with Gasteiger partial charge in [-0.15, -0.1) is 0 Å². The Morgan fingerprint density at radius 1 is 1.04 bits per heavy atom. The minimum absolute atomic E-state index is 0.0384. The van der Waals surface area contributed by atoms with Crippen molar-refractivity contribution >= 4 is 17.5 Å². The average molecular weight is 310 g/mol. The van der Waals surface area contributed by atoms with Gasteiger partial charge in [0.15, 0.2) is 0 Å². The van der Waals surface area contributed by atoms with Gasteiger partial charge in [0, 0.05) is 37.7 Å². The number of para-hydroxylation sites is 1. The first-order valence-electron chi connectivity index (χ1n) is 7.87. The highest BCUT2D eigenvalue weighted by Gasteiger charge is 2.25. The van der Waals surface area contributed by atoms with Crippen molar-refractivity contribution < 1.29 is 9.53 Å². The monoisotopic (exact) mass is 310 g/mol. The smallest absolute Gasteiger partial charge is 0.261 e. The molecule has 6 nitrogen and oxygen atoms in total. The Labute approximate surface area is 134 Å². The minimum atomic E-state index is -0.0384. The number of morpholine rings is 1. The summed E-state index contributed by atoms with van der Waals surface area (Å²) in [6, 6.07) is 8.03. The molecule has 6 heteroatoms. The predicted molar refractivity (Wildman–Crippen MR) is 86.9 cm³/mol. The van der Waals surface area contributed by atoms with Crippen molar-refractivity contribution in [1.29, 1.82) is 0 Å². The summed E-state index contributed by atoms with van der Waals surface area (Å²) < 4.78 is 5.33. The van der Waals surface area contributed by atoms with Gasteiger partial charge in [0.1, 0.15) is 0 Å². The van der Waals surface area contributed by atoms with Crippen LogP contribution >= 0.6 is 0 Å². The fraction of sp³-hybridized carbons (Fsp3) is 0.353. The Hall–Kier alpha value is -2.47. The van der Waals surface area contributed by atoms with Crippen LogP contribution in [0.15, 0.2) is 36.7 Å². The zero-order chi connectivity index (χ0) is 15.6. The number of ether oxygens (including phenoxy) is 1. The molecule has 2 aliphatic heterocycles. The van der Waals surface area contributed by atoms with E-state index >= 15 is 0 Å². The van der Waals surface area contributed by atoms with Crippen molar-refractivity contribution in [3.8, 4) is 0 Å². The highest BCUT2D eigenvalue weighted by molar-refractivity contribution is 6.06. The molecule has 3 heterocycles. The van der Waals surface area contributed by atoms with Gasteiger partial charge in [0.2, 0.25) is 5.95 Å². The number of hydrogen-bond donors (Lipinski definition) is 0. The molecule has 0 radical (unpaired) electrons. The van der Waals surface area contributed by atoms with E-state index in [9.17, 15) is 4.79 Å². The second-order valence-corrected chi connectivity index (χ2v) is 5.71. The summed E-state index contributed by atoms with van der Waals surface area (Å²) in [7, 11) is 0. The maximum absolute atomic E-state index is 12.7. The van der Waals surface area contributed by atoms with E-state index in [0.717, 1.165) is 25.2 Å². The molecule has 4 rings (SSSR count). The Morgan fingerprint density at radius 3 is 2.57 bits per heavy atom. The number of aromatic nitrogens is 2. The Balaban J connectivity index is 1.53. The summed E-state index contributed by atoms with van der Waals surface area (Å²) >= 11 is 0. The van der Waals surface area contributed by atoms with Gasteiger partial charge in [-0.25, -0.2) is 9.97 Å². The molecule has 0 N–H and O–H groups in total. The van der Waals surface area contributed by atoms with E-state index in [1.54, 1.807) is 12.4 Å². The van der Waals surface area contributed by atoms with Crippen LogP contribution in [-0.2, 0) is 11.2 Å². The number of fused-ring (bicyclic) bond motifs is 1. The van der Waals surface area contributed by atoms with E-state index in [0.29, 0.717) is 31.3 Å². The van der Waals surface area contributed by atoms with E-state index in [1.165, 1.54) is 5.56 Å². The molecule has 0 atom stereocenters. The Kier molecular flexibility index (Phi) is 3.67. The minimum Gasteiger partial charge on any atom is -0.378 e. The Bertz CT molecular complexity index is 711. The van der Waals surface area contributed by atoms with Crippen LogP contribution in [0.2, 0.25) is 0 Å². The van der Waals surface area contributed by atoms with Gasteiger partial charge >= 0.3 is 0 Å². The fourth-order valence-corrected chi connectivity index (χ4v) is 3.06. The molecule has 1 saturated heterocycles. The van der Waals surface area contributed by atoms with Gasteiger partial charge < -0.3 is 14.5 Å². The molecular formula is C17H18N4O2. The van der Waals surface area contributed by atoms with E-state index < -0.39 is 0 Å². The molecule has 23 heavy (non-hydrogen) atoms. The van der Waals surface area contributed by atoms with Crippen LogP contribution in [0, 0.1) is 0 Å². The molecule has 2 aromatic rings. The van der Waals surface area contributed by atoms with Crippen LogP contribution in [0.1, 0.15) is 15.9 Å². The van der Waals surface area contributed by atoms with Crippen molar-refractivity contribution in [2.45, 2.75) is 6.42 Å². The first-order valence-corrected chi connectivity index (χ1v) is 7.87. The first-order chi connectivity index (χ1) is 11.3. The normalized spacial score (nSPS) is 17.2. The zero-order valence-corrected chi connectivity index (χ0v) is 12.8. The number of carbonyl (C=O) groups excluding carboxylic acids is 1. The van der Waals surface area contributed by atoms with Crippen LogP contribution in [0.3, 0.4) is 0 Å².